The summed E-state index contributed by atoms with van der Waals surface area (Å²) < 4.78 is 29.9. The van der Waals surface area contributed by atoms with E-state index in [1.807, 2.05) is 26.1 Å². The summed E-state index contributed by atoms with van der Waals surface area (Å²) in [6, 6.07) is 13.0. The standard InChI is InChI=1S/C19H19ClN2O2S/c1-13-11-14(7-8-17(13)20)25(23,24)22-10-9-19-16(12-22)15-5-3-4-6-18(15)21(19)2/h3-8,11H,9-10,12H2,1-2H3. The van der Waals surface area contributed by atoms with Crippen molar-refractivity contribution < 1.29 is 8.42 Å². The van der Waals surface area contributed by atoms with Gasteiger partial charge in [0.05, 0.1) is 4.90 Å². The van der Waals surface area contributed by atoms with Crippen molar-refractivity contribution in [1.29, 1.82) is 0 Å². The number of hydrogen-bond donors (Lipinski definition) is 0. The molecule has 1 aliphatic heterocycles. The number of rotatable bonds is 2. The van der Waals surface area contributed by atoms with Crippen LogP contribution in [0.5, 0.6) is 0 Å². The molecule has 4 nitrogen and oxygen atoms in total. The summed E-state index contributed by atoms with van der Waals surface area (Å²) in [5.41, 5.74) is 4.25. The van der Waals surface area contributed by atoms with Crippen molar-refractivity contribution in [1.82, 2.24) is 8.87 Å². The highest BCUT2D eigenvalue weighted by Gasteiger charge is 2.31. The van der Waals surface area contributed by atoms with Crippen LogP contribution in [0.1, 0.15) is 16.8 Å². The molecule has 4 rings (SSSR count). The molecule has 1 aromatic heterocycles. The van der Waals surface area contributed by atoms with Crippen LogP contribution in [0.15, 0.2) is 47.4 Å². The topological polar surface area (TPSA) is 42.3 Å². The Kier molecular flexibility index (Phi) is 3.90. The molecule has 130 valence electrons. The number of aromatic nitrogens is 1. The first-order valence-electron chi connectivity index (χ1n) is 8.21. The zero-order chi connectivity index (χ0) is 17.8. The van der Waals surface area contributed by atoms with Gasteiger partial charge in [-0.3, -0.25) is 0 Å². The first-order chi connectivity index (χ1) is 11.9. The van der Waals surface area contributed by atoms with Crippen molar-refractivity contribution in [3.8, 4) is 0 Å². The van der Waals surface area contributed by atoms with Gasteiger partial charge in [-0.15, -0.1) is 0 Å². The molecule has 0 amide bonds. The molecule has 0 saturated heterocycles. The minimum Gasteiger partial charge on any atom is -0.347 e. The van der Waals surface area contributed by atoms with Crippen LogP contribution in [0.4, 0.5) is 0 Å². The molecule has 0 unspecified atom stereocenters. The number of benzene rings is 2. The van der Waals surface area contributed by atoms with Crippen LogP contribution >= 0.6 is 11.6 Å². The van der Waals surface area contributed by atoms with Gasteiger partial charge < -0.3 is 4.57 Å². The van der Waals surface area contributed by atoms with Gasteiger partial charge in [-0.05, 0) is 42.3 Å². The zero-order valence-electron chi connectivity index (χ0n) is 14.2. The van der Waals surface area contributed by atoms with Crippen molar-refractivity contribution >= 4 is 32.5 Å². The van der Waals surface area contributed by atoms with Crippen LogP contribution in [-0.4, -0.2) is 23.8 Å². The lowest BCUT2D eigenvalue weighted by Gasteiger charge is -2.27. The van der Waals surface area contributed by atoms with Gasteiger partial charge in [0.2, 0.25) is 10.0 Å². The highest BCUT2D eigenvalue weighted by molar-refractivity contribution is 7.89. The van der Waals surface area contributed by atoms with Crippen molar-refractivity contribution in [3.05, 3.63) is 64.3 Å². The Morgan fingerprint density at radius 1 is 1.12 bits per heavy atom. The molecule has 0 bridgehead atoms. The van der Waals surface area contributed by atoms with Crippen molar-refractivity contribution in [3.63, 3.8) is 0 Å². The van der Waals surface area contributed by atoms with Crippen LogP contribution < -0.4 is 0 Å². The lowest BCUT2D eigenvalue weighted by Crippen LogP contribution is -2.36. The van der Waals surface area contributed by atoms with E-state index in [9.17, 15) is 8.42 Å². The van der Waals surface area contributed by atoms with Crippen LogP contribution in [0.25, 0.3) is 10.9 Å². The van der Waals surface area contributed by atoms with Gasteiger partial charge in [0, 0.05) is 48.2 Å². The molecule has 0 spiro atoms. The monoisotopic (exact) mass is 374 g/mol. The zero-order valence-corrected chi connectivity index (χ0v) is 15.7. The first-order valence-corrected chi connectivity index (χ1v) is 10.0. The molecule has 3 aromatic rings. The van der Waals surface area contributed by atoms with E-state index in [0.717, 1.165) is 22.0 Å². The third-order valence-corrected chi connectivity index (χ3v) is 7.31. The van der Waals surface area contributed by atoms with E-state index >= 15 is 0 Å². The van der Waals surface area contributed by atoms with E-state index in [1.165, 1.54) is 5.69 Å². The van der Waals surface area contributed by atoms with Gasteiger partial charge in [0.15, 0.2) is 0 Å². The van der Waals surface area contributed by atoms with E-state index in [1.54, 1.807) is 22.5 Å². The maximum atomic E-state index is 13.1. The fourth-order valence-corrected chi connectivity index (χ4v) is 5.25. The summed E-state index contributed by atoms with van der Waals surface area (Å²) in [5.74, 6) is 0. The fourth-order valence-electron chi connectivity index (χ4n) is 3.64. The number of hydrogen-bond acceptors (Lipinski definition) is 2. The molecular formula is C19H19ClN2O2S. The SMILES string of the molecule is Cc1cc(S(=O)(=O)N2CCc3c(c4ccccc4n3C)C2)ccc1Cl. The lowest BCUT2D eigenvalue weighted by molar-refractivity contribution is 0.388. The van der Waals surface area contributed by atoms with Gasteiger partial charge in [0.25, 0.3) is 0 Å². The number of halogens is 1. The van der Waals surface area contributed by atoms with Crippen LogP contribution in [0, 0.1) is 6.92 Å². The van der Waals surface area contributed by atoms with Gasteiger partial charge in [-0.1, -0.05) is 29.8 Å². The Balaban J connectivity index is 1.77. The number of nitrogens with zero attached hydrogens (tertiary/aromatic N) is 2. The molecule has 0 radical (unpaired) electrons. The average Bonchev–Trinajstić information content (AvgIpc) is 2.90. The summed E-state index contributed by atoms with van der Waals surface area (Å²) in [5, 5.41) is 1.71. The normalized spacial score (nSPS) is 15.5. The molecule has 25 heavy (non-hydrogen) atoms. The Bertz CT molecular complexity index is 1090. The second-order valence-electron chi connectivity index (χ2n) is 6.50. The highest BCUT2D eigenvalue weighted by Crippen LogP contribution is 2.32. The van der Waals surface area contributed by atoms with E-state index in [-0.39, 0.29) is 0 Å². The third kappa shape index (κ3) is 2.58. The fraction of sp³-hybridized carbons (Fsp3) is 0.263. The Morgan fingerprint density at radius 3 is 2.64 bits per heavy atom. The smallest absolute Gasteiger partial charge is 0.243 e. The van der Waals surface area contributed by atoms with Gasteiger partial charge in [-0.2, -0.15) is 4.31 Å². The van der Waals surface area contributed by atoms with E-state index < -0.39 is 10.0 Å². The second-order valence-corrected chi connectivity index (χ2v) is 8.85. The second kappa shape index (κ2) is 5.87. The molecular weight excluding hydrogens is 356 g/mol. The minimum atomic E-state index is -3.54. The summed E-state index contributed by atoms with van der Waals surface area (Å²) in [6.07, 6.45) is 0.715. The summed E-state index contributed by atoms with van der Waals surface area (Å²) in [4.78, 5) is 0.304. The minimum absolute atomic E-state index is 0.304. The van der Waals surface area contributed by atoms with Gasteiger partial charge in [0.1, 0.15) is 0 Å². The average molecular weight is 375 g/mol. The number of para-hydroxylation sites is 1. The molecule has 2 heterocycles. The molecule has 2 aromatic carbocycles. The largest absolute Gasteiger partial charge is 0.347 e. The lowest BCUT2D eigenvalue weighted by atomic mass is 10.1. The van der Waals surface area contributed by atoms with E-state index in [0.29, 0.717) is 29.4 Å². The molecule has 6 heteroatoms. The third-order valence-electron chi connectivity index (χ3n) is 5.04. The van der Waals surface area contributed by atoms with Crippen LogP contribution in [0.3, 0.4) is 0 Å². The Labute approximate surface area is 152 Å². The molecule has 0 atom stereocenters. The summed E-state index contributed by atoms with van der Waals surface area (Å²) >= 11 is 6.04. The number of aryl methyl sites for hydroxylation is 2. The van der Waals surface area contributed by atoms with Crippen LogP contribution in [-0.2, 0) is 30.0 Å². The molecule has 0 saturated carbocycles. The predicted molar refractivity (Wildman–Crippen MR) is 100 cm³/mol. The van der Waals surface area contributed by atoms with Crippen molar-refractivity contribution in [2.45, 2.75) is 24.8 Å². The van der Waals surface area contributed by atoms with Crippen LogP contribution in [0.2, 0.25) is 5.02 Å². The van der Waals surface area contributed by atoms with Crippen molar-refractivity contribution in [2.75, 3.05) is 6.54 Å². The molecule has 0 aliphatic carbocycles. The molecule has 0 fully saturated rings. The maximum Gasteiger partial charge on any atom is 0.243 e. The predicted octanol–water partition coefficient (Wildman–Crippen LogP) is 3.89. The van der Waals surface area contributed by atoms with Crippen molar-refractivity contribution in [2.24, 2.45) is 7.05 Å². The van der Waals surface area contributed by atoms with E-state index in [2.05, 4.69) is 16.7 Å². The summed E-state index contributed by atoms with van der Waals surface area (Å²) in [7, 11) is -1.49. The quantitative estimate of drug-likeness (QED) is 0.683. The number of fused-ring (bicyclic) bond motifs is 3. The Hall–Kier alpha value is -1.82. The summed E-state index contributed by atoms with van der Waals surface area (Å²) in [6.45, 7) is 2.71. The highest BCUT2D eigenvalue weighted by atomic mass is 35.5. The molecule has 1 aliphatic rings. The van der Waals surface area contributed by atoms with Gasteiger partial charge >= 0.3 is 0 Å². The first kappa shape index (κ1) is 16.6. The van der Waals surface area contributed by atoms with E-state index in [4.69, 9.17) is 11.6 Å². The van der Waals surface area contributed by atoms with Gasteiger partial charge in [-0.25, -0.2) is 8.42 Å². The Morgan fingerprint density at radius 2 is 1.88 bits per heavy atom. The maximum absolute atomic E-state index is 13.1. The number of sulfonamides is 1. The molecule has 0 N–H and O–H groups in total.